The standard InChI is InChI=1S/C6H14NO4P/c1-6(7,5(8)9)3-4-12(2,10)11/h3-4,7H2,1-2H3,(H,8,9)(H,10,11)/t6-/m1/s1. The number of hydrogen-bond acceptors (Lipinski definition) is 3. The molecule has 2 atom stereocenters. The lowest BCUT2D eigenvalue weighted by Gasteiger charge is -2.19. The van der Waals surface area contributed by atoms with Crippen LogP contribution >= 0.6 is 7.37 Å². The van der Waals surface area contributed by atoms with Gasteiger partial charge in [-0.2, -0.15) is 0 Å². The first-order valence-corrected chi connectivity index (χ1v) is 5.76. The van der Waals surface area contributed by atoms with Crippen LogP contribution in [0, 0.1) is 0 Å². The molecule has 0 aliphatic heterocycles. The molecule has 0 radical (unpaired) electrons. The lowest BCUT2D eigenvalue weighted by Crippen LogP contribution is -2.45. The topological polar surface area (TPSA) is 101 Å². The molecule has 0 saturated carbocycles. The van der Waals surface area contributed by atoms with E-state index in [1.165, 1.54) is 13.6 Å². The van der Waals surface area contributed by atoms with E-state index in [1.54, 1.807) is 0 Å². The third-order valence-electron chi connectivity index (χ3n) is 1.53. The van der Waals surface area contributed by atoms with Gasteiger partial charge >= 0.3 is 5.97 Å². The Morgan fingerprint density at radius 1 is 1.67 bits per heavy atom. The van der Waals surface area contributed by atoms with Crippen molar-refractivity contribution >= 4 is 13.3 Å². The number of rotatable bonds is 4. The van der Waals surface area contributed by atoms with Crippen LogP contribution in [-0.4, -0.2) is 34.3 Å². The Hall–Kier alpha value is -0.380. The second-order valence-electron chi connectivity index (χ2n) is 3.25. The van der Waals surface area contributed by atoms with Crippen molar-refractivity contribution in [3.63, 3.8) is 0 Å². The van der Waals surface area contributed by atoms with Crippen LogP contribution < -0.4 is 5.73 Å². The molecule has 0 aliphatic rings. The van der Waals surface area contributed by atoms with E-state index in [4.69, 9.17) is 15.7 Å². The zero-order valence-electron chi connectivity index (χ0n) is 7.15. The number of aliphatic carboxylic acids is 1. The van der Waals surface area contributed by atoms with Gasteiger partial charge in [-0.1, -0.05) is 0 Å². The van der Waals surface area contributed by atoms with E-state index in [2.05, 4.69) is 0 Å². The van der Waals surface area contributed by atoms with Crippen molar-refractivity contribution in [3.05, 3.63) is 0 Å². The van der Waals surface area contributed by atoms with Gasteiger partial charge in [0.2, 0.25) is 0 Å². The van der Waals surface area contributed by atoms with Crippen molar-refractivity contribution in [3.8, 4) is 0 Å². The summed E-state index contributed by atoms with van der Waals surface area (Å²) >= 11 is 0. The third kappa shape index (κ3) is 4.49. The van der Waals surface area contributed by atoms with E-state index in [0.29, 0.717) is 0 Å². The second kappa shape index (κ2) is 3.56. The van der Waals surface area contributed by atoms with Gasteiger partial charge < -0.3 is 15.7 Å². The molecule has 12 heavy (non-hydrogen) atoms. The molecule has 5 nitrogen and oxygen atoms in total. The Balaban J connectivity index is 4.10. The maximum atomic E-state index is 10.8. The fourth-order valence-electron chi connectivity index (χ4n) is 0.547. The molecule has 6 heteroatoms. The van der Waals surface area contributed by atoms with Crippen LogP contribution in [0.25, 0.3) is 0 Å². The van der Waals surface area contributed by atoms with Crippen molar-refractivity contribution in [2.45, 2.75) is 18.9 Å². The van der Waals surface area contributed by atoms with Gasteiger partial charge in [-0.3, -0.25) is 9.36 Å². The minimum absolute atomic E-state index is 0.00656. The normalized spacial score (nSPS) is 21.0. The Labute approximate surface area is 71.0 Å². The van der Waals surface area contributed by atoms with Gasteiger partial charge in [-0.05, 0) is 13.3 Å². The zero-order chi connectivity index (χ0) is 9.99. The zero-order valence-corrected chi connectivity index (χ0v) is 8.04. The van der Waals surface area contributed by atoms with Crippen molar-refractivity contribution in [2.75, 3.05) is 12.8 Å². The average molecular weight is 195 g/mol. The van der Waals surface area contributed by atoms with Gasteiger partial charge in [0.25, 0.3) is 0 Å². The molecule has 1 unspecified atom stereocenters. The fourth-order valence-corrected chi connectivity index (χ4v) is 1.43. The number of nitrogens with two attached hydrogens (primary N) is 1. The molecular weight excluding hydrogens is 181 g/mol. The molecule has 0 bridgehead atoms. The Kier molecular flexibility index (Phi) is 3.45. The summed E-state index contributed by atoms with van der Waals surface area (Å²) in [4.78, 5) is 19.3. The number of hydrogen-bond donors (Lipinski definition) is 3. The molecular formula is C6H14NO4P. The summed E-state index contributed by atoms with van der Waals surface area (Å²) in [6, 6.07) is 0. The Morgan fingerprint density at radius 2 is 2.08 bits per heavy atom. The molecule has 72 valence electrons. The molecule has 0 aromatic carbocycles. The summed E-state index contributed by atoms with van der Waals surface area (Å²) in [6.45, 7) is 2.51. The van der Waals surface area contributed by atoms with E-state index >= 15 is 0 Å². The molecule has 0 rings (SSSR count). The smallest absolute Gasteiger partial charge is 0.323 e. The Morgan fingerprint density at radius 3 is 2.33 bits per heavy atom. The maximum absolute atomic E-state index is 10.8. The van der Waals surface area contributed by atoms with Gasteiger partial charge in [0, 0.05) is 12.8 Å². The lowest BCUT2D eigenvalue weighted by molar-refractivity contribution is -0.142. The minimum Gasteiger partial charge on any atom is -0.480 e. The first kappa shape index (κ1) is 11.6. The predicted molar refractivity (Wildman–Crippen MR) is 45.5 cm³/mol. The molecule has 0 aromatic heterocycles. The number of carboxylic acids is 1. The maximum Gasteiger partial charge on any atom is 0.323 e. The number of carboxylic acid groups (broad SMARTS) is 1. The number of carbonyl (C=O) groups is 1. The van der Waals surface area contributed by atoms with Crippen LogP contribution in [0.5, 0.6) is 0 Å². The second-order valence-corrected chi connectivity index (χ2v) is 5.80. The summed E-state index contributed by atoms with van der Waals surface area (Å²) in [6.07, 6.45) is -0.0566. The van der Waals surface area contributed by atoms with Crippen LogP contribution in [0.15, 0.2) is 0 Å². The highest BCUT2D eigenvalue weighted by Crippen LogP contribution is 2.36. The van der Waals surface area contributed by atoms with Gasteiger partial charge in [0.05, 0.1) is 0 Å². The van der Waals surface area contributed by atoms with Crippen molar-refractivity contribution in [1.82, 2.24) is 0 Å². The van der Waals surface area contributed by atoms with Crippen molar-refractivity contribution < 1.29 is 19.4 Å². The quantitative estimate of drug-likeness (QED) is 0.551. The highest BCUT2D eigenvalue weighted by molar-refractivity contribution is 7.57. The van der Waals surface area contributed by atoms with Gasteiger partial charge in [0.15, 0.2) is 7.37 Å². The van der Waals surface area contributed by atoms with Crippen LogP contribution in [-0.2, 0) is 9.36 Å². The van der Waals surface area contributed by atoms with Gasteiger partial charge in [-0.15, -0.1) is 0 Å². The highest BCUT2D eigenvalue weighted by atomic mass is 31.2. The first-order valence-electron chi connectivity index (χ1n) is 3.47. The summed E-state index contributed by atoms with van der Waals surface area (Å²) in [5.41, 5.74) is 3.93. The third-order valence-corrected chi connectivity index (χ3v) is 2.59. The SMILES string of the molecule is C[C@@](N)(CCP(C)(=O)O)C(=O)O. The van der Waals surface area contributed by atoms with Crippen molar-refractivity contribution in [1.29, 1.82) is 0 Å². The summed E-state index contributed by atoms with van der Waals surface area (Å²) in [5, 5.41) is 8.54. The first-order chi connectivity index (χ1) is 5.15. The van der Waals surface area contributed by atoms with E-state index in [9.17, 15) is 9.36 Å². The molecule has 4 N–H and O–H groups in total. The summed E-state index contributed by atoms with van der Waals surface area (Å²) in [7, 11) is -3.15. The summed E-state index contributed by atoms with van der Waals surface area (Å²) < 4.78 is 10.8. The van der Waals surface area contributed by atoms with Crippen LogP contribution in [0.4, 0.5) is 0 Å². The monoisotopic (exact) mass is 195 g/mol. The van der Waals surface area contributed by atoms with Crippen LogP contribution in [0.2, 0.25) is 0 Å². The van der Waals surface area contributed by atoms with Crippen LogP contribution in [0.3, 0.4) is 0 Å². The van der Waals surface area contributed by atoms with E-state index < -0.39 is 18.9 Å². The largest absolute Gasteiger partial charge is 0.480 e. The van der Waals surface area contributed by atoms with Gasteiger partial charge in [0.1, 0.15) is 5.54 Å². The molecule has 0 fully saturated rings. The molecule has 0 amide bonds. The van der Waals surface area contributed by atoms with Crippen molar-refractivity contribution in [2.24, 2.45) is 5.73 Å². The van der Waals surface area contributed by atoms with Crippen LogP contribution in [0.1, 0.15) is 13.3 Å². The average Bonchev–Trinajstić information content (AvgIpc) is 1.82. The lowest BCUT2D eigenvalue weighted by atomic mass is 10.0. The molecule has 0 aromatic rings. The van der Waals surface area contributed by atoms with E-state index in [-0.39, 0.29) is 12.6 Å². The molecule has 0 spiro atoms. The van der Waals surface area contributed by atoms with E-state index in [1.807, 2.05) is 0 Å². The summed E-state index contributed by atoms with van der Waals surface area (Å²) in [5.74, 6) is -1.16. The predicted octanol–water partition coefficient (Wildman–Crippen LogP) is 0.0787. The van der Waals surface area contributed by atoms with E-state index in [0.717, 1.165) is 0 Å². The minimum atomic E-state index is -3.15. The highest BCUT2D eigenvalue weighted by Gasteiger charge is 2.29. The fraction of sp³-hybridized carbons (Fsp3) is 0.833. The molecule has 0 heterocycles. The van der Waals surface area contributed by atoms with Gasteiger partial charge in [-0.25, -0.2) is 0 Å². The molecule has 0 aliphatic carbocycles. The molecule has 0 saturated heterocycles. The Bertz CT molecular complexity index is 220.